The van der Waals surface area contributed by atoms with Crippen molar-refractivity contribution in [3.8, 4) is 0 Å². The molecule has 2 N–H and O–H groups in total. The lowest BCUT2D eigenvalue weighted by molar-refractivity contribution is -0.129. The number of benzene rings is 2. The van der Waals surface area contributed by atoms with Gasteiger partial charge in [0.25, 0.3) is 5.91 Å². The Morgan fingerprint density at radius 1 is 1.18 bits per heavy atom. The summed E-state index contributed by atoms with van der Waals surface area (Å²) < 4.78 is 10.9. The van der Waals surface area contributed by atoms with Gasteiger partial charge < -0.3 is 24.1 Å². The van der Waals surface area contributed by atoms with E-state index in [0.29, 0.717) is 25.2 Å². The Bertz CT molecular complexity index is 1380. The second kappa shape index (κ2) is 8.26. The van der Waals surface area contributed by atoms with Gasteiger partial charge in [0.15, 0.2) is 11.5 Å². The van der Waals surface area contributed by atoms with Crippen LogP contribution in [0.3, 0.4) is 0 Å². The number of Topliss-reactive ketones (excluding diaryl/α,β-unsaturated/α-hetero) is 1. The molecule has 168 valence electrons. The number of aromatic nitrogens is 1. The molecule has 0 fully saturated rings. The molecule has 3 heterocycles. The fourth-order valence-electron chi connectivity index (χ4n) is 4.67. The molecule has 1 amide bonds. The molecule has 1 aliphatic heterocycles. The summed E-state index contributed by atoms with van der Waals surface area (Å²) in [6.07, 6.45) is 0.569. The van der Waals surface area contributed by atoms with Crippen LogP contribution in [-0.2, 0) is 9.53 Å². The van der Waals surface area contributed by atoms with Crippen molar-refractivity contribution in [2.45, 2.75) is 19.4 Å². The third kappa shape index (κ3) is 3.41. The Morgan fingerprint density at radius 2 is 1.94 bits per heavy atom. The molecular formula is C26H24N2O5. The van der Waals surface area contributed by atoms with Crippen LogP contribution < -0.4 is 0 Å². The lowest BCUT2D eigenvalue weighted by Gasteiger charge is -2.27. The van der Waals surface area contributed by atoms with Gasteiger partial charge in [-0.25, -0.2) is 0 Å². The van der Waals surface area contributed by atoms with Crippen LogP contribution in [0.5, 0.6) is 0 Å². The Labute approximate surface area is 190 Å². The van der Waals surface area contributed by atoms with Crippen molar-refractivity contribution in [2.75, 3.05) is 20.3 Å². The largest absolute Gasteiger partial charge is 0.503 e. The number of H-pyrrole nitrogens is 1. The number of carbonyl (C=O) groups is 2. The number of rotatable bonds is 7. The predicted octanol–water partition coefficient (Wildman–Crippen LogP) is 4.84. The number of fused-ring (bicyclic) bond motifs is 2. The zero-order valence-electron chi connectivity index (χ0n) is 18.4. The first kappa shape index (κ1) is 21.0. The molecule has 2 aromatic heterocycles. The molecule has 7 heteroatoms. The number of hydrogen-bond donors (Lipinski definition) is 2. The van der Waals surface area contributed by atoms with E-state index in [1.807, 2.05) is 49.4 Å². The average Bonchev–Trinajstić information content (AvgIpc) is 3.46. The summed E-state index contributed by atoms with van der Waals surface area (Å²) in [7, 11) is 1.60. The van der Waals surface area contributed by atoms with Gasteiger partial charge in [-0.2, -0.15) is 0 Å². The van der Waals surface area contributed by atoms with E-state index in [1.165, 1.54) is 0 Å². The number of furan rings is 1. The molecule has 1 unspecified atom stereocenters. The number of methoxy groups -OCH3 is 1. The molecular weight excluding hydrogens is 420 g/mol. The van der Waals surface area contributed by atoms with E-state index in [1.54, 1.807) is 24.1 Å². The summed E-state index contributed by atoms with van der Waals surface area (Å²) >= 11 is 0. The number of aliphatic hydroxyl groups excluding tert-OH is 1. The highest BCUT2D eigenvalue weighted by Gasteiger charge is 2.45. The number of amides is 1. The number of nitrogens with zero attached hydrogens (tertiary/aromatic N) is 1. The maximum absolute atomic E-state index is 13.7. The Kier molecular flexibility index (Phi) is 5.26. The molecule has 33 heavy (non-hydrogen) atoms. The first-order chi connectivity index (χ1) is 16.0. The average molecular weight is 444 g/mol. The van der Waals surface area contributed by atoms with Crippen LogP contribution in [-0.4, -0.2) is 46.9 Å². The highest BCUT2D eigenvalue weighted by molar-refractivity contribution is 6.16. The normalized spacial score (nSPS) is 16.5. The van der Waals surface area contributed by atoms with E-state index >= 15 is 0 Å². The fraction of sp³-hybridized carbons (Fsp3) is 0.231. The number of aliphatic hydroxyl groups is 1. The number of aromatic amines is 1. The van der Waals surface area contributed by atoms with Gasteiger partial charge in [-0.1, -0.05) is 36.4 Å². The van der Waals surface area contributed by atoms with Gasteiger partial charge in [0.2, 0.25) is 5.78 Å². The number of carbonyl (C=O) groups excluding carboxylic acids is 2. The zero-order valence-corrected chi connectivity index (χ0v) is 18.4. The monoisotopic (exact) mass is 444 g/mol. The van der Waals surface area contributed by atoms with Crippen LogP contribution in [0.15, 0.2) is 70.3 Å². The summed E-state index contributed by atoms with van der Waals surface area (Å²) in [6.45, 7) is 2.69. The van der Waals surface area contributed by atoms with Crippen molar-refractivity contribution in [3.63, 3.8) is 0 Å². The number of aryl methyl sites for hydroxylation is 1. The van der Waals surface area contributed by atoms with Crippen LogP contribution in [0.25, 0.3) is 21.9 Å². The van der Waals surface area contributed by atoms with Gasteiger partial charge in [0.05, 0.1) is 11.6 Å². The summed E-state index contributed by atoms with van der Waals surface area (Å²) in [5.41, 5.74) is 3.12. The molecule has 1 aliphatic rings. The van der Waals surface area contributed by atoms with E-state index in [4.69, 9.17) is 9.15 Å². The maximum Gasteiger partial charge on any atom is 0.290 e. The van der Waals surface area contributed by atoms with Crippen molar-refractivity contribution in [3.05, 3.63) is 82.9 Å². The fourth-order valence-corrected chi connectivity index (χ4v) is 4.67. The molecule has 4 aromatic rings. The van der Waals surface area contributed by atoms with Crippen LogP contribution in [0, 0.1) is 6.92 Å². The van der Waals surface area contributed by atoms with Crippen molar-refractivity contribution in [2.24, 2.45) is 0 Å². The summed E-state index contributed by atoms with van der Waals surface area (Å²) in [5.74, 6) is -1.51. The zero-order chi connectivity index (χ0) is 23.1. The summed E-state index contributed by atoms with van der Waals surface area (Å²) in [6, 6.07) is 15.9. The number of hydrogen-bond acceptors (Lipinski definition) is 5. The highest BCUT2D eigenvalue weighted by Crippen LogP contribution is 2.43. The minimum atomic E-state index is -0.744. The molecule has 0 bridgehead atoms. The topological polar surface area (TPSA) is 95.8 Å². The second-order valence-electron chi connectivity index (χ2n) is 8.20. The quantitative estimate of drug-likeness (QED) is 0.314. The van der Waals surface area contributed by atoms with E-state index in [9.17, 15) is 14.7 Å². The molecule has 1 atom stereocenters. The number of ether oxygens (including phenoxy) is 1. The molecule has 0 radical (unpaired) electrons. The molecule has 0 saturated heterocycles. The molecule has 7 nitrogen and oxygen atoms in total. The highest BCUT2D eigenvalue weighted by atomic mass is 16.5. The number of ketones is 1. The SMILES string of the molecule is COCCCN1C(=O)C(O)=C(C(=O)c2cc3ccccc3o2)C1c1c(C)[nH]c2ccccc12. The molecule has 0 saturated carbocycles. The smallest absolute Gasteiger partial charge is 0.290 e. The summed E-state index contributed by atoms with van der Waals surface area (Å²) in [5, 5.41) is 12.6. The first-order valence-electron chi connectivity index (χ1n) is 10.8. The van der Waals surface area contributed by atoms with Crippen molar-refractivity contribution >= 4 is 33.6 Å². The minimum Gasteiger partial charge on any atom is -0.503 e. The van der Waals surface area contributed by atoms with E-state index in [-0.39, 0.29) is 11.3 Å². The molecule has 5 rings (SSSR count). The third-order valence-corrected chi connectivity index (χ3v) is 6.16. The van der Waals surface area contributed by atoms with E-state index < -0.39 is 23.5 Å². The van der Waals surface area contributed by atoms with Crippen LogP contribution >= 0.6 is 0 Å². The molecule has 0 spiro atoms. The minimum absolute atomic E-state index is 0.0318. The van der Waals surface area contributed by atoms with Crippen molar-refractivity contribution < 1.29 is 23.8 Å². The number of para-hydroxylation sites is 2. The van der Waals surface area contributed by atoms with Gasteiger partial charge in [-0.05, 0) is 31.5 Å². The predicted molar refractivity (Wildman–Crippen MR) is 124 cm³/mol. The van der Waals surface area contributed by atoms with Gasteiger partial charge in [-0.15, -0.1) is 0 Å². The van der Waals surface area contributed by atoms with Gasteiger partial charge in [0, 0.05) is 47.8 Å². The lowest BCUT2D eigenvalue weighted by atomic mass is 9.93. The van der Waals surface area contributed by atoms with Crippen LogP contribution in [0.1, 0.15) is 34.3 Å². The lowest BCUT2D eigenvalue weighted by Crippen LogP contribution is -2.32. The molecule has 0 aliphatic carbocycles. The Balaban J connectivity index is 1.66. The Hall–Kier alpha value is -3.84. The number of nitrogens with one attached hydrogen (secondary N) is 1. The first-order valence-corrected chi connectivity index (χ1v) is 10.8. The van der Waals surface area contributed by atoms with Crippen molar-refractivity contribution in [1.82, 2.24) is 9.88 Å². The van der Waals surface area contributed by atoms with Crippen LogP contribution in [0.2, 0.25) is 0 Å². The molecule has 2 aromatic carbocycles. The van der Waals surface area contributed by atoms with Gasteiger partial charge in [0.1, 0.15) is 5.58 Å². The van der Waals surface area contributed by atoms with E-state index in [0.717, 1.165) is 27.5 Å². The second-order valence-corrected chi connectivity index (χ2v) is 8.20. The van der Waals surface area contributed by atoms with Crippen molar-refractivity contribution in [1.29, 1.82) is 0 Å². The van der Waals surface area contributed by atoms with Gasteiger partial charge >= 0.3 is 0 Å². The Morgan fingerprint density at radius 3 is 2.73 bits per heavy atom. The summed E-state index contributed by atoms with van der Waals surface area (Å²) in [4.78, 5) is 31.7. The standard InChI is InChI=1S/C26H24N2O5/c1-15-21(17-9-4-5-10-18(17)27-15)23-22(25(30)26(31)28(23)12-7-13-32-2)24(29)20-14-16-8-3-6-11-19(16)33-20/h3-6,8-11,14,23,27,30H,7,12-13H2,1-2H3. The van der Waals surface area contributed by atoms with Crippen LogP contribution in [0.4, 0.5) is 0 Å². The van der Waals surface area contributed by atoms with Gasteiger partial charge in [-0.3, -0.25) is 9.59 Å². The third-order valence-electron chi connectivity index (χ3n) is 6.16. The van der Waals surface area contributed by atoms with E-state index in [2.05, 4.69) is 4.98 Å². The maximum atomic E-state index is 13.7.